The molecule has 4 heteroatoms. The van der Waals surface area contributed by atoms with Crippen LogP contribution in [0.5, 0.6) is 0 Å². The van der Waals surface area contributed by atoms with E-state index in [2.05, 4.69) is 24.9 Å². The molecular formula is C19H16F3N. The van der Waals surface area contributed by atoms with Gasteiger partial charge in [-0.2, -0.15) is 13.2 Å². The van der Waals surface area contributed by atoms with Gasteiger partial charge in [-0.1, -0.05) is 50.3 Å². The van der Waals surface area contributed by atoms with Gasteiger partial charge in [-0.25, -0.2) is 0 Å². The lowest BCUT2D eigenvalue weighted by atomic mass is 9.81. The Kier molecular flexibility index (Phi) is 3.63. The van der Waals surface area contributed by atoms with Crippen LogP contribution in [-0.2, 0) is 11.6 Å². The molecule has 0 unspecified atom stereocenters. The summed E-state index contributed by atoms with van der Waals surface area (Å²) in [4.78, 5) is 4.63. The second-order valence-corrected chi connectivity index (χ2v) is 6.09. The molecule has 1 nitrogen and oxygen atoms in total. The fraction of sp³-hybridized carbons (Fsp3) is 0.211. The van der Waals surface area contributed by atoms with Crippen molar-refractivity contribution < 1.29 is 13.2 Å². The Morgan fingerprint density at radius 3 is 2.17 bits per heavy atom. The van der Waals surface area contributed by atoms with Crippen molar-refractivity contribution in [3.8, 4) is 0 Å². The van der Waals surface area contributed by atoms with Crippen LogP contribution in [0.3, 0.4) is 0 Å². The first kappa shape index (κ1) is 15.5. The highest BCUT2D eigenvalue weighted by Crippen LogP contribution is 2.40. The maximum absolute atomic E-state index is 12.6. The van der Waals surface area contributed by atoms with Crippen LogP contribution in [-0.4, -0.2) is 5.71 Å². The Morgan fingerprint density at radius 2 is 1.57 bits per heavy atom. The van der Waals surface area contributed by atoms with E-state index in [0.29, 0.717) is 5.56 Å². The largest absolute Gasteiger partial charge is 0.416 e. The lowest BCUT2D eigenvalue weighted by Gasteiger charge is -2.20. The van der Waals surface area contributed by atoms with Crippen molar-refractivity contribution in [1.29, 1.82) is 0 Å². The second kappa shape index (κ2) is 5.37. The van der Waals surface area contributed by atoms with Crippen molar-refractivity contribution in [2.45, 2.75) is 25.4 Å². The van der Waals surface area contributed by atoms with E-state index >= 15 is 0 Å². The third-order valence-corrected chi connectivity index (χ3v) is 4.13. The fourth-order valence-corrected chi connectivity index (χ4v) is 2.71. The average molecular weight is 315 g/mol. The first-order valence-electron chi connectivity index (χ1n) is 7.32. The number of allylic oxidation sites excluding steroid dienone is 1. The summed E-state index contributed by atoms with van der Waals surface area (Å²) in [6.07, 6.45) is -0.628. The zero-order chi connectivity index (χ0) is 16.7. The van der Waals surface area contributed by atoms with Crippen LogP contribution in [0.2, 0.25) is 0 Å². The smallest absolute Gasteiger partial charge is 0.252 e. The van der Waals surface area contributed by atoms with Crippen LogP contribution in [0.1, 0.15) is 30.5 Å². The van der Waals surface area contributed by atoms with Crippen LogP contribution < -0.4 is 0 Å². The van der Waals surface area contributed by atoms with Crippen molar-refractivity contribution in [2.24, 2.45) is 4.99 Å². The van der Waals surface area contributed by atoms with Gasteiger partial charge in [0.05, 0.1) is 17.0 Å². The zero-order valence-corrected chi connectivity index (χ0v) is 12.9. The van der Waals surface area contributed by atoms with Crippen LogP contribution in [0.15, 0.2) is 59.6 Å². The highest BCUT2D eigenvalue weighted by atomic mass is 19.4. The third kappa shape index (κ3) is 2.93. The Balaban J connectivity index is 1.84. The molecule has 1 aliphatic rings. The molecule has 0 saturated heterocycles. The third-order valence-electron chi connectivity index (χ3n) is 4.13. The average Bonchev–Trinajstić information content (AvgIpc) is 2.76. The van der Waals surface area contributed by atoms with Crippen molar-refractivity contribution in [2.75, 3.05) is 0 Å². The number of alkyl halides is 3. The summed E-state index contributed by atoms with van der Waals surface area (Å²) in [5.41, 5.74) is 2.88. The van der Waals surface area contributed by atoms with E-state index in [0.717, 1.165) is 29.1 Å². The zero-order valence-electron chi connectivity index (χ0n) is 12.9. The second-order valence-electron chi connectivity index (χ2n) is 6.09. The van der Waals surface area contributed by atoms with Crippen molar-refractivity contribution in [3.63, 3.8) is 0 Å². The molecule has 0 spiro atoms. The normalized spacial score (nSPS) is 16.5. The summed E-state index contributed by atoms with van der Waals surface area (Å²) in [5.74, 6) is 0. The minimum absolute atomic E-state index is 0.209. The number of aliphatic imine (C=N–C) groups is 1. The SMILES string of the molecule is CC1(C)C(/C=C/c2ccc(C(F)(F)F)cc2)=Nc2ccccc21. The number of hydrogen-bond acceptors (Lipinski definition) is 1. The standard InChI is InChI=1S/C19H16F3N/c1-18(2)15-5-3-4-6-16(15)23-17(18)12-9-13-7-10-14(11-8-13)19(20,21)22/h3-12H,1-2H3/b12-9+. The maximum Gasteiger partial charge on any atom is 0.416 e. The maximum atomic E-state index is 12.6. The van der Waals surface area contributed by atoms with Gasteiger partial charge in [-0.15, -0.1) is 0 Å². The summed E-state index contributed by atoms with van der Waals surface area (Å²) in [6, 6.07) is 13.1. The van der Waals surface area contributed by atoms with Crippen molar-refractivity contribution in [3.05, 3.63) is 71.3 Å². The van der Waals surface area contributed by atoms with E-state index in [-0.39, 0.29) is 5.41 Å². The van der Waals surface area contributed by atoms with Gasteiger partial charge in [0.25, 0.3) is 0 Å². The molecule has 2 aromatic rings. The van der Waals surface area contributed by atoms with Gasteiger partial charge in [0.2, 0.25) is 0 Å². The van der Waals surface area contributed by atoms with Crippen molar-refractivity contribution in [1.82, 2.24) is 0 Å². The molecule has 23 heavy (non-hydrogen) atoms. The quantitative estimate of drug-likeness (QED) is 0.666. The van der Waals surface area contributed by atoms with Gasteiger partial charge in [-0.05, 0) is 35.4 Å². The predicted molar refractivity (Wildman–Crippen MR) is 87.0 cm³/mol. The van der Waals surface area contributed by atoms with E-state index < -0.39 is 11.7 Å². The van der Waals surface area contributed by atoms with E-state index in [1.165, 1.54) is 12.1 Å². The molecule has 0 atom stereocenters. The molecular weight excluding hydrogens is 299 g/mol. The number of nitrogens with zero attached hydrogens (tertiary/aromatic N) is 1. The van der Waals surface area contributed by atoms with E-state index in [9.17, 15) is 13.2 Å². The number of para-hydroxylation sites is 1. The van der Waals surface area contributed by atoms with Crippen molar-refractivity contribution >= 4 is 17.5 Å². The molecule has 0 radical (unpaired) electrons. The van der Waals surface area contributed by atoms with E-state index in [1.807, 2.05) is 24.3 Å². The fourth-order valence-electron chi connectivity index (χ4n) is 2.71. The summed E-state index contributed by atoms with van der Waals surface area (Å²) in [7, 11) is 0. The van der Waals surface area contributed by atoms with Gasteiger partial charge < -0.3 is 0 Å². The molecule has 1 heterocycles. The van der Waals surface area contributed by atoms with Gasteiger partial charge >= 0.3 is 6.18 Å². The Labute approximate surface area is 133 Å². The Bertz CT molecular complexity index is 781. The highest BCUT2D eigenvalue weighted by Gasteiger charge is 2.33. The first-order valence-corrected chi connectivity index (χ1v) is 7.32. The summed E-state index contributed by atoms with van der Waals surface area (Å²) >= 11 is 0. The molecule has 1 aliphatic heterocycles. The van der Waals surface area contributed by atoms with Crippen LogP contribution >= 0.6 is 0 Å². The molecule has 0 fully saturated rings. The number of fused-ring (bicyclic) bond motifs is 1. The number of halogens is 3. The molecule has 0 saturated carbocycles. The van der Waals surface area contributed by atoms with Crippen LogP contribution in [0, 0.1) is 0 Å². The van der Waals surface area contributed by atoms with E-state index in [4.69, 9.17) is 0 Å². The number of rotatable bonds is 2. The molecule has 0 N–H and O–H groups in total. The molecule has 0 aromatic heterocycles. The van der Waals surface area contributed by atoms with Crippen LogP contribution in [0.4, 0.5) is 18.9 Å². The lowest BCUT2D eigenvalue weighted by molar-refractivity contribution is -0.137. The van der Waals surface area contributed by atoms with Gasteiger partial charge in [0.15, 0.2) is 0 Å². The summed E-state index contributed by atoms with van der Waals surface area (Å²) in [5, 5.41) is 0. The lowest BCUT2D eigenvalue weighted by Crippen LogP contribution is -2.23. The molecule has 0 aliphatic carbocycles. The Morgan fingerprint density at radius 1 is 0.913 bits per heavy atom. The van der Waals surface area contributed by atoms with Gasteiger partial charge in [-0.3, -0.25) is 4.99 Å². The Hall–Kier alpha value is -2.36. The molecule has 0 amide bonds. The number of hydrogen-bond donors (Lipinski definition) is 0. The minimum Gasteiger partial charge on any atom is -0.252 e. The van der Waals surface area contributed by atoms with Gasteiger partial charge in [0, 0.05) is 5.41 Å². The molecule has 118 valence electrons. The first-order chi connectivity index (χ1) is 10.8. The summed E-state index contributed by atoms with van der Waals surface area (Å²) in [6.45, 7) is 4.18. The summed E-state index contributed by atoms with van der Waals surface area (Å²) < 4.78 is 37.7. The number of benzene rings is 2. The minimum atomic E-state index is -4.30. The monoisotopic (exact) mass is 315 g/mol. The topological polar surface area (TPSA) is 12.4 Å². The van der Waals surface area contributed by atoms with E-state index in [1.54, 1.807) is 6.08 Å². The van der Waals surface area contributed by atoms with Crippen LogP contribution in [0.25, 0.3) is 6.08 Å². The molecule has 3 rings (SSSR count). The predicted octanol–water partition coefficient (Wildman–Crippen LogP) is 5.78. The highest BCUT2D eigenvalue weighted by molar-refractivity contribution is 6.10. The van der Waals surface area contributed by atoms with Gasteiger partial charge in [0.1, 0.15) is 0 Å². The molecule has 2 aromatic carbocycles. The molecule has 0 bridgehead atoms.